The van der Waals surface area contributed by atoms with Gasteiger partial charge in [-0.25, -0.2) is 9.48 Å². The lowest BCUT2D eigenvalue weighted by Gasteiger charge is -2.30. The number of nitrogens with one attached hydrogen (secondary N) is 1. The average Bonchev–Trinajstić information content (AvgIpc) is 3.14. The highest BCUT2D eigenvalue weighted by Crippen LogP contribution is 2.43. The summed E-state index contributed by atoms with van der Waals surface area (Å²) in [7, 11) is 3.15. The minimum absolute atomic E-state index is 0.286. The number of methoxy groups -OCH3 is 2. The van der Waals surface area contributed by atoms with Gasteiger partial charge in [-0.05, 0) is 19.4 Å². The summed E-state index contributed by atoms with van der Waals surface area (Å²) in [5, 5.41) is 7.57. The molecule has 0 fully saturated rings. The molecule has 0 amide bonds. The molecule has 1 aliphatic heterocycles. The van der Waals surface area contributed by atoms with E-state index in [2.05, 4.69) is 22.3 Å². The van der Waals surface area contributed by atoms with E-state index in [0.29, 0.717) is 29.4 Å². The van der Waals surface area contributed by atoms with Gasteiger partial charge in [-0.1, -0.05) is 25.5 Å². The summed E-state index contributed by atoms with van der Waals surface area (Å²) in [6, 6.07) is 5.03. The number of hydrogen-bond donors (Lipinski definition) is 1. The molecule has 0 radical (unpaired) electrons. The van der Waals surface area contributed by atoms with Gasteiger partial charge in [0.2, 0.25) is 5.95 Å². The molecule has 0 saturated heterocycles. The van der Waals surface area contributed by atoms with E-state index in [1.54, 1.807) is 25.8 Å². The van der Waals surface area contributed by atoms with Gasteiger partial charge in [-0.3, -0.25) is 0 Å². The zero-order valence-electron chi connectivity index (χ0n) is 16.0. The van der Waals surface area contributed by atoms with Gasteiger partial charge in [0.1, 0.15) is 12.4 Å². The minimum Gasteiger partial charge on any atom is -0.493 e. The summed E-state index contributed by atoms with van der Waals surface area (Å²) < 4.78 is 18.1. The number of allylic oxidation sites excluding steroid dienone is 1. The molecule has 8 nitrogen and oxygen atoms in total. The van der Waals surface area contributed by atoms with Gasteiger partial charge in [-0.15, -0.1) is 0 Å². The first-order valence-corrected chi connectivity index (χ1v) is 8.93. The Labute approximate surface area is 158 Å². The number of carbonyl (C=O) groups is 1. The largest absolute Gasteiger partial charge is 0.493 e. The Bertz CT molecular complexity index is 859. The summed E-state index contributed by atoms with van der Waals surface area (Å²) in [6.07, 6.45) is 3.00. The Morgan fingerprint density at radius 1 is 1.26 bits per heavy atom. The van der Waals surface area contributed by atoms with Crippen LogP contribution in [0.1, 0.15) is 38.3 Å². The lowest BCUT2D eigenvalue weighted by molar-refractivity contribution is -0.139. The molecule has 144 valence electrons. The van der Waals surface area contributed by atoms with Crippen molar-refractivity contribution in [2.45, 2.75) is 32.7 Å². The molecule has 0 bridgehead atoms. The van der Waals surface area contributed by atoms with E-state index in [-0.39, 0.29) is 12.6 Å². The first kappa shape index (κ1) is 18.8. The number of aromatic nitrogens is 3. The molecule has 0 spiro atoms. The van der Waals surface area contributed by atoms with Gasteiger partial charge >= 0.3 is 5.97 Å². The van der Waals surface area contributed by atoms with Crippen molar-refractivity contribution in [2.24, 2.45) is 0 Å². The molecular formula is C19H24N4O4. The van der Waals surface area contributed by atoms with Crippen LogP contribution in [-0.4, -0.2) is 41.6 Å². The third kappa shape index (κ3) is 3.34. The van der Waals surface area contributed by atoms with Crippen LogP contribution >= 0.6 is 0 Å². The Morgan fingerprint density at radius 2 is 2.07 bits per heavy atom. The van der Waals surface area contributed by atoms with E-state index >= 15 is 0 Å². The number of para-hydroxylation sites is 1. The van der Waals surface area contributed by atoms with Crippen molar-refractivity contribution in [1.82, 2.24) is 14.8 Å². The van der Waals surface area contributed by atoms with Crippen molar-refractivity contribution >= 4 is 11.9 Å². The maximum Gasteiger partial charge on any atom is 0.338 e. The standard InChI is InChI=1S/C19H24N4O4/c1-5-8-13-15(18(24)27-6-2)16(23-19(22-13)20-11-21-23)12-9-7-10-14(25-3)17(12)26-4/h7,9-11,16H,5-6,8H2,1-4H3,(H,20,21,22)/t16-/m1/s1. The number of ether oxygens (including phenoxy) is 3. The second kappa shape index (κ2) is 8.11. The van der Waals surface area contributed by atoms with Gasteiger partial charge in [0.25, 0.3) is 0 Å². The molecular weight excluding hydrogens is 348 g/mol. The topological polar surface area (TPSA) is 87.5 Å². The number of fused-ring (bicyclic) bond motifs is 1. The first-order valence-electron chi connectivity index (χ1n) is 8.93. The number of hydrogen-bond acceptors (Lipinski definition) is 7. The van der Waals surface area contributed by atoms with Crippen LogP contribution in [0.5, 0.6) is 11.5 Å². The predicted octanol–water partition coefficient (Wildman–Crippen LogP) is 2.93. The zero-order chi connectivity index (χ0) is 19.4. The molecule has 2 aromatic rings. The second-order valence-corrected chi connectivity index (χ2v) is 6.00. The van der Waals surface area contributed by atoms with Crippen LogP contribution in [0.3, 0.4) is 0 Å². The molecule has 3 rings (SSSR count). The molecule has 0 unspecified atom stereocenters. The first-order chi connectivity index (χ1) is 13.2. The van der Waals surface area contributed by atoms with Crippen LogP contribution in [0.25, 0.3) is 0 Å². The van der Waals surface area contributed by atoms with Gasteiger partial charge in [0, 0.05) is 11.3 Å². The summed E-state index contributed by atoms with van der Waals surface area (Å²) in [4.78, 5) is 17.2. The normalized spacial score (nSPS) is 15.8. The van der Waals surface area contributed by atoms with E-state index in [4.69, 9.17) is 14.2 Å². The highest BCUT2D eigenvalue weighted by Gasteiger charge is 2.37. The number of benzene rings is 1. The van der Waals surface area contributed by atoms with Crippen molar-refractivity contribution in [1.29, 1.82) is 0 Å². The fraction of sp³-hybridized carbons (Fsp3) is 0.421. The molecule has 1 atom stereocenters. The maximum absolute atomic E-state index is 12.9. The van der Waals surface area contributed by atoms with Crippen molar-refractivity contribution < 1.29 is 19.0 Å². The summed E-state index contributed by atoms with van der Waals surface area (Å²) in [5.41, 5.74) is 2.04. The van der Waals surface area contributed by atoms with Crippen molar-refractivity contribution in [3.05, 3.63) is 41.4 Å². The van der Waals surface area contributed by atoms with Crippen LogP contribution in [0.15, 0.2) is 35.8 Å². The van der Waals surface area contributed by atoms with Crippen LogP contribution in [-0.2, 0) is 9.53 Å². The Hall–Kier alpha value is -3.03. The van der Waals surface area contributed by atoms with E-state index in [1.165, 1.54) is 6.33 Å². The third-order valence-corrected chi connectivity index (χ3v) is 4.40. The van der Waals surface area contributed by atoms with Crippen LogP contribution in [0.2, 0.25) is 0 Å². The van der Waals surface area contributed by atoms with Gasteiger partial charge in [0.15, 0.2) is 11.5 Å². The third-order valence-electron chi connectivity index (χ3n) is 4.40. The van der Waals surface area contributed by atoms with Gasteiger partial charge in [0.05, 0.1) is 26.4 Å². The molecule has 1 aliphatic rings. The number of esters is 1. The fourth-order valence-electron chi connectivity index (χ4n) is 3.32. The summed E-state index contributed by atoms with van der Waals surface area (Å²) >= 11 is 0. The molecule has 8 heteroatoms. The van der Waals surface area contributed by atoms with Crippen LogP contribution in [0.4, 0.5) is 5.95 Å². The van der Waals surface area contributed by atoms with E-state index < -0.39 is 6.04 Å². The predicted molar refractivity (Wildman–Crippen MR) is 99.9 cm³/mol. The zero-order valence-corrected chi connectivity index (χ0v) is 16.0. The Morgan fingerprint density at radius 3 is 2.74 bits per heavy atom. The van der Waals surface area contributed by atoms with E-state index in [9.17, 15) is 4.79 Å². The van der Waals surface area contributed by atoms with E-state index in [1.807, 2.05) is 18.2 Å². The van der Waals surface area contributed by atoms with Crippen molar-refractivity contribution in [2.75, 3.05) is 26.1 Å². The van der Waals surface area contributed by atoms with E-state index in [0.717, 1.165) is 17.7 Å². The Balaban J connectivity index is 2.25. The molecule has 27 heavy (non-hydrogen) atoms. The fourth-order valence-corrected chi connectivity index (χ4v) is 3.32. The summed E-state index contributed by atoms with van der Waals surface area (Å²) in [6.45, 7) is 4.13. The smallest absolute Gasteiger partial charge is 0.338 e. The molecule has 1 aromatic carbocycles. The minimum atomic E-state index is -0.533. The lowest BCUT2D eigenvalue weighted by Crippen LogP contribution is -2.30. The number of carbonyl (C=O) groups excluding carboxylic acids is 1. The molecule has 1 aromatic heterocycles. The number of nitrogens with zero attached hydrogens (tertiary/aromatic N) is 3. The SMILES string of the molecule is CCCC1=C(C(=O)OCC)[C@@H](c2cccc(OC)c2OC)n2ncnc2N1. The van der Waals surface area contributed by atoms with Crippen molar-refractivity contribution in [3.63, 3.8) is 0 Å². The van der Waals surface area contributed by atoms with Gasteiger partial charge in [-0.2, -0.15) is 10.1 Å². The number of anilines is 1. The molecule has 0 aliphatic carbocycles. The average molecular weight is 372 g/mol. The molecule has 2 heterocycles. The molecule has 1 N–H and O–H groups in total. The maximum atomic E-state index is 12.9. The molecule has 0 saturated carbocycles. The van der Waals surface area contributed by atoms with Crippen LogP contribution in [0, 0.1) is 0 Å². The van der Waals surface area contributed by atoms with Crippen LogP contribution < -0.4 is 14.8 Å². The highest BCUT2D eigenvalue weighted by molar-refractivity contribution is 5.92. The number of rotatable bonds is 7. The Kier molecular flexibility index (Phi) is 5.63. The monoisotopic (exact) mass is 372 g/mol. The lowest BCUT2D eigenvalue weighted by atomic mass is 9.93. The van der Waals surface area contributed by atoms with Crippen molar-refractivity contribution in [3.8, 4) is 11.5 Å². The second-order valence-electron chi connectivity index (χ2n) is 6.00. The summed E-state index contributed by atoms with van der Waals surface area (Å²) in [5.74, 6) is 1.31. The van der Waals surface area contributed by atoms with Gasteiger partial charge < -0.3 is 19.5 Å². The highest BCUT2D eigenvalue weighted by atomic mass is 16.5. The quantitative estimate of drug-likeness (QED) is 0.748.